The predicted octanol–water partition coefficient (Wildman–Crippen LogP) is 1.11. The van der Waals surface area contributed by atoms with Crippen LogP contribution in [-0.4, -0.2) is 16.8 Å². The fourth-order valence-corrected chi connectivity index (χ4v) is 0.919. The van der Waals surface area contributed by atoms with Gasteiger partial charge in [-0.15, -0.1) is 0 Å². The van der Waals surface area contributed by atoms with E-state index in [0.717, 1.165) is 0 Å². The number of rotatable bonds is 5. The Morgan fingerprint density at radius 1 is 1.36 bits per heavy atom. The van der Waals surface area contributed by atoms with Crippen molar-refractivity contribution in [3.8, 4) is 0 Å². The molecule has 0 N–H and O–H groups in total. The highest BCUT2D eigenvalue weighted by molar-refractivity contribution is 6.66. The second-order valence-corrected chi connectivity index (χ2v) is 2.76. The van der Waals surface area contributed by atoms with E-state index in [-0.39, 0.29) is 12.8 Å². The number of halogens is 2. The Balaban J connectivity index is 3.99. The molecule has 0 aromatic carbocycles. The molecule has 0 aliphatic carbocycles. The van der Waals surface area contributed by atoms with E-state index in [1.165, 1.54) is 0 Å². The standard InChI is InChI=1S/C6H6Cl2O3/c7-5(10)3-4(1-2-9)6(8)11/h2,4H,1,3H2. The Bertz CT molecular complexity index is 179. The van der Waals surface area contributed by atoms with Crippen LogP contribution in [0.25, 0.3) is 0 Å². The summed E-state index contributed by atoms with van der Waals surface area (Å²) in [6, 6.07) is 0. The molecule has 0 saturated heterocycles. The Labute approximate surface area is 73.7 Å². The van der Waals surface area contributed by atoms with E-state index in [1.807, 2.05) is 0 Å². The zero-order chi connectivity index (χ0) is 8.85. The van der Waals surface area contributed by atoms with Gasteiger partial charge in [-0.3, -0.25) is 9.59 Å². The molecule has 0 spiro atoms. The second kappa shape index (κ2) is 5.27. The molecule has 1 atom stereocenters. The van der Waals surface area contributed by atoms with Crippen LogP contribution < -0.4 is 0 Å². The first kappa shape index (κ1) is 10.6. The predicted molar refractivity (Wildman–Crippen MR) is 40.5 cm³/mol. The summed E-state index contributed by atoms with van der Waals surface area (Å²) in [5, 5.41) is -1.36. The number of hydrogen-bond donors (Lipinski definition) is 0. The van der Waals surface area contributed by atoms with Gasteiger partial charge in [-0.2, -0.15) is 0 Å². The maximum absolute atomic E-state index is 10.5. The van der Waals surface area contributed by atoms with Crippen molar-refractivity contribution in [2.75, 3.05) is 0 Å². The van der Waals surface area contributed by atoms with Gasteiger partial charge in [0.05, 0.1) is 0 Å². The van der Waals surface area contributed by atoms with Gasteiger partial charge in [-0.05, 0) is 23.2 Å². The fourth-order valence-electron chi connectivity index (χ4n) is 0.566. The Morgan fingerprint density at radius 2 is 1.91 bits per heavy atom. The van der Waals surface area contributed by atoms with Gasteiger partial charge in [0, 0.05) is 18.8 Å². The molecule has 11 heavy (non-hydrogen) atoms. The highest BCUT2D eigenvalue weighted by Crippen LogP contribution is 2.12. The smallest absolute Gasteiger partial charge is 0.225 e. The van der Waals surface area contributed by atoms with Crippen LogP contribution in [0.2, 0.25) is 0 Å². The van der Waals surface area contributed by atoms with Gasteiger partial charge in [-0.1, -0.05) is 0 Å². The van der Waals surface area contributed by atoms with Crippen LogP contribution in [0.15, 0.2) is 0 Å². The van der Waals surface area contributed by atoms with Gasteiger partial charge < -0.3 is 4.79 Å². The topological polar surface area (TPSA) is 51.2 Å². The van der Waals surface area contributed by atoms with Crippen LogP contribution in [0, 0.1) is 5.92 Å². The molecule has 0 heterocycles. The Hall–Kier alpha value is -0.410. The Morgan fingerprint density at radius 3 is 2.18 bits per heavy atom. The molecule has 3 nitrogen and oxygen atoms in total. The molecule has 0 aromatic rings. The maximum Gasteiger partial charge on any atom is 0.225 e. The van der Waals surface area contributed by atoms with Crippen molar-refractivity contribution in [3.63, 3.8) is 0 Å². The summed E-state index contributed by atoms with van der Waals surface area (Å²) in [6.45, 7) is 0. The van der Waals surface area contributed by atoms with Crippen LogP contribution in [0.4, 0.5) is 0 Å². The largest absolute Gasteiger partial charge is 0.303 e. The highest BCUT2D eigenvalue weighted by atomic mass is 35.5. The average molecular weight is 197 g/mol. The van der Waals surface area contributed by atoms with Crippen molar-refractivity contribution in [2.45, 2.75) is 12.8 Å². The zero-order valence-corrected chi connectivity index (χ0v) is 7.06. The molecule has 0 radical (unpaired) electrons. The third kappa shape index (κ3) is 4.93. The molecule has 62 valence electrons. The fraction of sp³-hybridized carbons (Fsp3) is 0.500. The highest BCUT2D eigenvalue weighted by Gasteiger charge is 2.18. The van der Waals surface area contributed by atoms with Crippen LogP contribution >= 0.6 is 23.2 Å². The monoisotopic (exact) mass is 196 g/mol. The third-order valence-electron chi connectivity index (χ3n) is 1.11. The average Bonchev–Trinajstić information content (AvgIpc) is 1.86. The molecule has 0 fully saturated rings. The van der Waals surface area contributed by atoms with E-state index in [4.69, 9.17) is 23.2 Å². The summed E-state index contributed by atoms with van der Waals surface area (Å²) in [6.07, 6.45) is 0.300. The molecule has 0 amide bonds. The molecule has 0 saturated carbocycles. The van der Waals surface area contributed by atoms with Gasteiger partial charge in [0.2, 0.25) is 10.5 Å². The summed E-state index contributed by atoms with van der Waals surface area (Å²) in [4.78, 5) is 30.7. The lowest BCUT2D eigenvalue weighted by Crippen LogP contribution is -2.12. The van der Waals surface area contributed by atoms with Crippen LogP contribution in [-0.2, 0) is 14.4 Å². The summed E-state index contributed by atoms with van der Waals surface area (Å²) in [5.74, 6) is -0.765. The first-order valence-electron chi connectivity index (χ1n) is 2.89. The normalized spacial score (nSPS) is 12.2. The van der Waals surface area contributed by atoms with Crippen molar-refractivity contribution >= 4 is 40.0 Å². The first-order valence-corrected chi connectivity index (χ1v) is 3.64. The summed E-state index contributed by atoms with van der Waals surface area (Å²) in [5.41, 5.74) is 0. The maximum atomic E-state index is 10.5. The van der Waals surface area contributed by atoms with Crippen LogP contribution in [0.5, 0.6) is 0 Å². The van der Waals surface area contributed by atoms with Gasteiger partial charge in [0.1, 0.15) is 6.29 Å². The molecule has 0 aliphatic heterocycles. The molecule has 1 unspecified atom stereocenters. The van der Waals surface area contributed by atoms with Crippen molar-refractivity contribution in [1.82, 2.24) is 0 Å². The van der Waals surface area contributed by atoms with Gasteiger partial charge in [0.15, 0.2) is 0 Å². The lowest BCUT2D eigenvalue weighted by molar-refractivity contribution is -0.121. The van der Waals surface area contributed by atoms with E-state index in [2.05, 4.69) is 0 Å². The van der Waals surface area contributed by atoms with Crippen molar-refractivity contribution < 1.29 is 14.4 Å². The van der Waals surface area contributed by atoms with Crippen molar-refractivity contribution in [1.29, 1.82) is 0 Å². The van der Waals surface area contributed by atoms with E-state index in [0.29, 0.717) is 6.29 Å². The lowest BCUT2D eigenvalue weighted by Gasteiger charge is -2.03. The lowest BCUT2D eigenvalue weighted by atomic mass is 10.1. The minimum Gasteiger partial charge on any atom is -0.303 e. The summed E-state index contributed by atoms with van der Waals surface area (Å²) >= 11 is 10.0. The molecule has 0 aromatic heterocycles. The SMILES string of the molecule is O=CCC(CC(=O)Cl)C(=O)Cl. The van der Waals surface area contributed by atoms with Gasteiger partial charge >= 0.3 is 0 Å². The number of hydrogen-bond acceptors (Lipinski definition) is 3. The number of carbonyl (C=O) groups is 3. The number of aldehydes is 1. The third-order valence-corrected chi connectivity index (χ3v) is 1.57. The number of carbonyl (C=O) groups excluding carboxylic acids is 3. The van der Waals surface area contributed by atoms with Gasteiger partial charge in [-0.25, -0.2) is 0 Å². The van der Waals surface area contributed by atoms with Crippen LogP contribution in [0.3, 0.4) is 0 Å². The quantitative estimate of drug-likeness (QED) is 0.490. The van der Waals surface area contributed by atoms with E-state index < -0.39 is 16.4 Å². The molecule has 0 rings (SSSR count). The van der Waals surface area contributed by atoms with Crippen LogP contribution in [0.1, 0.15) is 12.8 Å². The summed E-state index contributed by atoms with van der Waals surface area (Å²) < 4.78 is 0. The molecule has 5 heteroatoms. The second-order valence-electron chi connectivity index (χ2n) is 1.96. The molecular weight excluding hydrogens is 191 g/mol. The van der Waals surface area contributed by atoms with Crippen molar-refractivity contribution in [2.24, 2.45) is 5.92 Å². The minimum absolute atomic E-state index is 0.0548. The summed E-state index contributed by atoms with van der Waals surface area (Å²) in [7, 11) is 0. The van der Waals surface area contributed by atoms with E-state index in [9.17, 15) is 14.4 Å². The zero-order valence-electron chi connectivity index (χ0n) is 5.55. The first-order chi connectivity index (χ1) is 5.07. The van der Waals surface area contributed by atoms with E-state index >= 15 is 0 Å². The molecule has 0 aliphatic rings. The molecule has 0 bridgehead atoms. The molecular formula is C6H6Cl2O3. The van der Waals surface area contributed by atoms with Gasteiger partial charge in [0.25, 0.3) is 0 Å². The van der Waals surface area contributed by atoms with E-state index in [1.54, 1.807) is 0 Å². The van der Waals surface area contributed by atoms with Crippen molar-refractivity contribution in [3.05, 3.63) is 0 Å². The Kier molecular flexibility index (Phi) is 5.07. The minimum atomic E-state index is -0.765.